The van der Waals surface area contributed by atoms with Crippen LogP contribution in [0.15, 0.2) is 18.3 Å². The van der Waals surface area contributed by atoms with Gasteiger partial charge in [0.05, 0.1) is 23.4 Å². The molecule has 0 saturated carbocycles. The number of nitrogens with zero attached hydrogens (tertiary/aromatic N) is 1. The van der Waals surface area contributed by atoms with Crippen LogP contribution in [0.4, 0.5) is 0 Å². The quantitative estimate of drug-likeness (QED) is 0.878. The summed E-state index contributed by atoms with van der Waals surface area (Å²) in [6.07, 6.45) is 2.87. The van der Waals surface area contributed by atoms with E-state index in [-0.39, 0.29) is 6.04 Å². The van der Waals surface area contributed by atoms with Gasteiger partial charge in [0.2, 0.25) is 0 Å². The van der Waals surface area contributed by atoms with Gasteiger partial charge in [-0.05, 0) is 25.1 Å². The van der Waals surface area contributed by atoms with Gasteiger partial charge in [-0.1, -0.05) is 18.5 Å². The summed E-state index contributed by atoms with van der Waals surface area (Å²) in [6.45, 7) is 4.65. The van der Waals surface area contributed by atoms with Gasteiger partial charge in [0.25, 0.3) is 0 Å². The molecular formula is C12H17ClN2O. The molecule has 0 bridgehead atoms. The first kappa shape index (κ1) is 11.8. The second-order valence-corrected chi connectivity index (χ2v) is 4.44. The lowest BCUT2D eigenvalue weighted by molar-refractivity contribution is 0.176. The van der Waals surface area contributed by atoms with Gasteiger partial charge in [0, 0.05) is 18.7 Å². The normalized spacial score (nSPS) is 22.2. The highest BCUT2D eigenvalue weighted by Gasteiger charge is 2.28. The fraction of sp³-hybridized carbons (Fsp3) is 0.583. The zero-order valence-electron chi connectivity index (χ0n) is 9.45. The topological polar surface area (TPSA) is 34.2 Å². The van der Waals surface area contributed by atoms with Crippen LogP contribution < -0.4 is 5.32 Å². The Morgan fingerprint density at radius 3 is 3.19 bits per heavy atom. The van der Waals surface area contributed by atoms with Gasteiger partial charge in [0.1, 0.15) is 0 Å². The van der Waals surface area contributed by atoms with Crippen LogP contribution in [0, 0.1) is 5.92 Å². The maximum Gasteiger partial charge on any atom is 0.0762 e. The van der Waals surface area contributed by atoms with Crippen molar-refractivity contribution < 1.29 is 4.74 Å². The first-order valence-electron chi connectivity index (χ1n) is 5.74. The zero-order valence-corrected chi connectivity index (χ0v) is 10.2. The number of ether oxygens (including phenoxy) is 1. The second kappa shape index (κ2) is 5.62. The van der Waals surface area contributed by atoms with Gasteiger partial charge >= 0.3 is 0 Å². The average Bonchev–Trinajstić information content (AvgIpc) is 2.80. The van der Waals surface area contributed by atoms with Crippen LogP contribution in [-0.2, 0) is 4.74 Å². The number of aromatic nitrogens is 1. The molecule has 0 spiro atoms. The SMILES string of the molecule is CCNC(c1ncccc1Cl)C1CCOC1. The summed E-state index contributed by atoms with van der Waals surface area (Å²) >= 11 is 6.19. The standard InChI is InChI=1S/C12H17ClN2O/c1-2-14-11(9-5-7-16-8-9)12-10(13)4-3-6-15-12/h3-4,6,9,11,14H,2,5,7-8H2,1H3. The predicted molar refractivity (Wildman–Crippen MR) is 64.6 cm³/mol. The highest BCUT2D eigenvalue weighted by molar-refractivity contribution is 6.31. The number of rotatable bonds is 4. The maximum absolute atomic E-state index is 6.19. The molecule has 0 aromatic carbocycles. The average molecular weight is 241 g/mol. The Kier molecular flexibility index (Phi) is 4.16. The minimum absolute atomic E-state index is 0.209. The molecule has 1 saturated heterocycles. The van der Waals surface area contributed by atoms with Crippen LogP contribution >= 0.6 is 11.6 Å². The third-order valence-corrected chi connectivity index (χ3v) is 3.26. The number of hydrogen-bond acceptors (Lipinski definition) is 3. The molecule has 2 atom stereocenters. The highest BCUT2D eigenvalue weighted by atomic mass is 35.5. The maximum atomic E-state index is 6.19. The highest BCUT2D eigenvalue weighted by Crippen LogP contribution is 2.31. The fourth-order valence-electron chi connectivity index (χ4n) is 2.15. The summed E-state index contributed by atoms with van der Waals surface area (Å²) in [4.78, 5) is 4.39. The molecule has 1 aromatic heterocycles. The van der Waals surface area contributed by atoms with E-state index in [0.717, 1.165) is 36.9 Å². The molecule has 1 aliphatic rings. The van der Waals surface area contributed by atoms with Crippen LogP contribution in [0.25, 0.3) is 0 Å². The van der Waals surface area contributed by atoms with Crippen LogP contribution in [0.2, 0.25) is 5.02 Å². The molecule has 2 rings (SSSR count). The van der Waals surface area contributed by atoms with Crippen molar-refractivity contribution in [3.63, 3.8) is 0 Å². The van der Waals surface area contributed by atoms with E-state index >= 15 is 0 Å². The van der Waals surface area contributed by atoms with E-state index < -0.39 is 0 Å². The number of hydrogen-bond donors (Lipinski definition) is 1. The summed E-state index contributed by atoms with van der Waals surface area (Å²) in [5.74, 6) is 0.479. The van der Waals surface area contributed by atoms with Crippen LogP contribution in [0.1, 0.15) is 25.1 Å². The number of pyridine rings is 1. The van der Waals surface area contributed by atoms with Crippen molar-refractivity contribution >= 4 is 11.6 Å². The van der Waals surface area contributed by atoms with E-state index in [1.807, 2.05) is 12.1 Å². The Hall–Kier alpha value is -0.640. The Labute approximate surface area is 101 Å². The lowest BCUT2D eigenvalue weighted by Gasteiger charge is -2.23. The third-order valence-electron chi connectivity index (χ3n) is 2.94. The Morgan fingerprint density at radius 2 is 2.56 bits per heavy atom. The minimum Gasteiger partial charge on any atom is -0.381 e. The fourth-order valence-corrected chi connectivity index (χ4v) is 2.39. The van der Waals surface area contributed by atoms with Gasteiger partial charge in [0.15, 0.2) is 0 Å². The van der Waals surface area contributed by atoms with Gasteiger partial charge in [-0.15, -0.1) is 0 Å². The molecule has 0 radical (unpaired) electrons. The van der Waals surface area contributed by atoms with Crippen molar-refractivity contribution in [1.82, 2.24) is 10.3 Å². The first-order valence-corrected chi connectivity index (χ1v) is 6.12. The Morgan fingerprint density at radius 1 is 1.69 bits per heavy atom. The molecule has 1 fully saturated rings. The monoisotopic (exact) mass is 240 g/mol. The summed E-state index contributed by atoms with van der Waals surface area (Å²) in [6, 6.07) is 3.96. The van der Waals surface area contributed by atoms with Crippen molar-refractivity contribution in [2.24, 2.45) is 5.92 Å². The molecule has 4 heteroatoms. The van der Waals surface area contributed by atoms with Gasteiger partial charge < -0.3 is 10.1 Å². The van der Waals surface area contributed by atoms with Gasteiger partial charge in [-0.2, -0.15) is 0 Å². The van der Waals surface area contributed by atoms with Crippen molar-refractivity contribution in [2.75, 3.05) is 19.8 Å². The van der Waals surface area contributed by atoms with Crippen molar-refractivity contribution in [1.29, 1.82) is 0 Å². The molecule has 88 valence electrons. The minimum atomic E-state index is 0.209. The smallest absolute Gasteiger partial charge is 0.0762 e. The molecule has 0 amide bonds. The summed E-state index contributed by atoms with van der Waals surface area (Å²) in [5, 5.41) is 4.19. The Balaban J connectivity index is 2.21. The summed E-state index contributed by atoms with van der Waals surface area (Å²) < 4.78 is 5.43. The Bertz CT molecular complexity index is 340. The predicted octanol–water partition coefficient (Wildman–Crippen LogP) is 2.42. The van der Waals surface area contributed by atoms with Crippen LogP contribution in [0.3, 0.4) is 0 Å². The van der Waals surface area contributed by atoms with E-state index in [4.69, 9.17) is 16.3 Å². The first-order chi connectivity index (χ1) is 7.83. The van der Waals surface area contributed by atoms with Crippen molar-refractivity contribution in [3.05, 3.63) is 29.0 Å². The van der Waals surface area contributed by atoms with E-state index in [0.29, 0.717) is 5.92 Å². The number of nitrogens with one attached hydrogen (secondary N) is 1. The molecular weight excluding hydrogens is 224 g/mol. The molecule has 1 aromatic rings. The molecule has 1 N–H and O–H groups in total. The summed E-state index contributed by atoms with van der Waals surface area (Å²) in [5.41, 5.74) is 0.946. The van der Waals surface area contributed by atoms with E-state index in [1.54, 1.807) is 6.20 Å². The number of halogens is 1. The molecule has 0 aliphatic carbocycles. The van der Waals surface area contributed by atoms with E-state index in [2.05, 4.69) is 17.2 Å². The third kappa shape index (κ3) is 2.54. The van der Waals surface area contributed by atoms with Crippen LogP contribution in [0.5, 0.6) is 0 Å². The lowest BCUT2D eigenvalue weighted by atomic mass is 9.95. The molecule has 2 unspecified atom stereocenters. The summed E-state index contributed by atoms with van der Waals surface area (Å²) in [7, 11) is 0. The molecule has 16 heavy (non-hydrogen) atoms. The largest absolute Gasteiger partial charge is 0.381 e. The second-order valence-electron chi connectivity index (χ2n) is 4.03. The molecule has 2 heterocycles. The van der Waals surface area contributed by atoms with Gasteiger partial charge in [-0.3, -0.25) is 4.98 Å². The van der Waals surface area contributed by atoms with Crippen LogP contribution in [-0.4, -0.2) is 24.7 Å². The van der Waals surface area contributed by atoms with Crippen molar-refractivity contribution in [3.8, 4) is 0 Å². The lowest BCUT2D eigenvalue weighted by Crippen LogP contribution is -2.29. The van der Waals surface area contributed by atoms with Gasteiger partial charge in [-0.25, -0.2) is 0 Å². The van der Waals surface area contributed by atoms with E-state index in [9.17, 15) is 0 Å². The van der Waals surface area contributed by atoms with Crippen molar-refractivity contribution in [2.45, 2.75) is 19.4 Å². The molecule has 3 nitrogen and oxygen atoms in total. The van der Waals surface area contributed by atoms with E-state index in [1.165, 1.54) is 0 Å². The molecule has 1 aliphatic heterocycles. The zero-order chi connectivity index (χ0) is 11.4.